The van der Waals surface area contributed by atoms with E-state index in [2.05, 4.69) is 83.0 Å². The van der Waals surface area contributed by atoms with Crippen LogP contribution in [0.25, 0.3) is 0 Å². The molecule has 0 unspecified atom stereocenters. The molecule has 17 nitrogen and oxygen atoms in total. The van der Waals surface area contributed by atoms with Crippen LogP contribution in [0, 0.1) is 23.7 Å². The molecule has 0 heterocycles. The monoisotopic (exact) mass is 1080 g/mol. The fourth-order valence-corrected chi connectivity index (χ4v) is 4.76. The summed E-state index contributed by atoms with van der Waals surface area (Å²) in [6.07, 6.45) is 4.03. The van der Waals surface area contributed by atoms with Crippen LogP contribution >= 0.6 is 36.7 Å². The van der Waals surface area contributed by atoms with E-state index in [1.807, 2.05) is 41.5 Å². The average Bonchev–Trinajstić information content (AvgIpc) is 3.25. The molecule has 0 aliphatic heterocycles. The van der Waals surface area contributed by atoms with Crippen molar-refractivity contribution in [2.24, 2.45) is 69.5 Å². The van der Waals surface area contributed by atoms with Crippen LogP contribution in [0.4, 0.5) is 0 Å². The van der Waals surface area contributed by atoms with Gasteiger partial charge in [0.2, 0.25) is 0 Å². The first-order chi connectivity index (χ1) is 32.0. The number of sulfone groups is 1. The van der Waals surface area contributed by atoms with Gasteiger partial charge in [-0.25, -0.2) is 8.42 Å². The number of thiocarbonyl (C=S) groups is 3. The highest BCUT2D eigenvalue weighted by molar-refractivity contribution is 7.91. The van der Waals surface area contributed by atoms with E-state index in [-0.39, 0.29) is 60.4 Å². The molecule has 0 aliphatic carbocycles. The van der Waals surface area contributed by atoms with Gasteiger partial charge in [-0.1, -0.05) is 114 Å². The molecule has 0 aromatic rings. The highest BCUT2D eigenvalue weighted by Crippen LogP contribution is 2.00. The number of hydrogen-bond acceptors (Lipinski definition) is 20. The summed E-state index contributed by atoms with van der Waals surface area (Å²) in [5, 5.41) is 6.41. The van der Waals surface area contributed by atoms with Crippen LogP contribution in [0.5, 0.6) is 0 Å². The Balaban J connectivity index is -0.0000000857. The number of nitrogens with one attached hydrogen (secondary N) is 2. The lowest BCUT2D eigenvalue weighted by Crippen LogP contribution is -2.32. The molecule has 0 fully saturated rings. The minimum Gasteiger partial charge on any atom is -0.483 e. The number of nitrogens with two attached hydrogens (primary N) is 8. The van der Waals surface area contributed by atoms with E-state index in [0.29, 0.717) is 61.6 Å². The number of carbonyl (C=O) groups is 3. The molecule has 70 heavy (non-hydrogen) atoms. The van der Waals surface area contributed by atoms with Crippen molar-refractivity contribution in [1.82, 2.24) is 10.6 Å². The normalized spacial score (nSPS) is 10.2. The van der Waals surface area contributed by atoms with Crippen molar-refractivity contribution in [3.05, 3.63) is 0 Å². The minimum atomic E-state index is -2.74. The first-order valence-electron chi connectivity index (χ1n) is 24.8. The third-order valence-corrected chi connectivity index (χ3v) is 10.4. The van der Waals surface area contributed by atoms with Crippen molar-refractivity contribution in [3.63, 3.8) is 0 Å². The Morgan fingerprint density at radius 2 is 0.843 bits per heavy atom. The van der Waals surface area contributed by atoms with Crippen molar-refractivity contribution in [2.45, 2.75) is 187 Å². The predicted molar refractivity (Wildman–Crippen MR) is 316 cm³/mol. The van der Waals surface area contributed by atoms with E-state index in [9.17, 15) is 22.8 Å². The van der Waals surface area contributed by atoms with Crippen molar-refractivity contribution in [2.75, 3.05) is 71.2 Å². The van der Waals surface area contributed by atoms with Gasteiger partial charge in [0.05, 0.1) is 50.2 Å². The smallest absolute Gasteiger partial charge is 0.319 e. The maximum absolute atomic E-state index is 10.7. The van der Waals surface area contributed by atoms with Crippen LogP contribution in [-0.2, 0) is 33.7 Å². The summed E-state index contributed by atoms with van der Waals surface area (Å²) in [4.78, 5) is 33.2. The van der Waals surface area contributed by atoms with Crippen LogP contribution in [0.1, 0.15) is 157 Å². The average molecular weight is 1080 g/mol. The molecule has 426 valence electrons. The fourth-order valence-electron chi connectivity index (χ4n) is 3.48. The highest BCUT2D eigenvalue weighted by atomic mass is 32.2. The Bertz CT molecular complexity index is 1180. The van der Waals surface area contributed by atoms with Gasteiger partial charge in [0.25, 0.3) is 0 Å². The van der Waals surface area contributed by atoms with Crippen molar-refractivity contribution < 1.29 is 32.3 Å². The van der Waals surface area contributed by atoms with Crippen LogP contribution in [0.15, 0.2) is 0 Å². The van der Waals surface area contributed by atoms with Crippen molar-refractivity contribution in [3.8, 4) is 0 Å². The molecular weight excluding hydrogens is 969 g/mol. The van der Waals surface area contributed by atoms with E-state index in [1.165, 1.54) is 0 Å². The molecule has 21 heteroatoms. The molecular formula is C49H114N10O7S4. The summed E-state index contributed by atoms with van der Waals surface area (Å²) in [6.45, 7) is 42.1. The Hall–Kier alpha value is -1.57. The second-order valence-electron chi connectivity index (χ2n) is 18.7. The van der Waals surface area contributed by atoms with Crippen molar-refractivity contribution >= 4 is 78.8 Å². The predicted octanol–water partition coefficient (Wildman–Crippen LogP) is 5.15. The molecule has 0 bridgehead atoms. The number of ether oxygens (including phenoxy) is 2. The Morgan fingerprint density at radius 3 is 0.986 bits per heavy atom. The molecule has 0 rings (SSSR count). The molecule has 0 aromatic heterocycles. The van der Waals surface area contributed by atoms with Crippen molar-refractivity contribution in [1.29, 1.82) is 0 Å². The van der Waals surface area contributed by atoms with Gasteiger partial charge >= 0.3 is 5.97 Å². The quantitative estimate of drug-likeness (QED) is 0.0441. The van der Waals surface area contributed by atoms with Gasteiger partial charge in [-0.05, 0) is 110 Å². The highest BCUT2D eigenvalue weighted by Gasteiger charge is 2.11. The largest absolute Gasteiger partial charge is 0.483 e. The second kappa shape index (κ2) is 63.5. The van der Waals surface area contributed by atoms with E-state index in [0.717, 1.165) is 60.5 Å². The van der Waals surface area contributed by atoms with E-state index in [1.54, 1.807) is 34.6 Å². The molecule has 0 saturated heterocycles. The summed E-state index contributed by atoms with van der Waals surface area (Å²) in [7, 11) is -2.74. The third kappa shape index (κ3) is 108. The number of Topliss-reactive ketones (excluding diaryl/α,β-unsaturated/α-hetero) is 2. The zero-order valence-electron chi connectivity index (χ0n) is 47.9. The Kier molecular flexibility index (Phi) is 80.0. The van der Waals surface area contributed by atoms with Crippen LogP contribution in [0.3, 0.4) is 0 Å². The van der Waals surface area contributed by atoms with Gasteiger partial charge in [0.15, 0.2) is 20.7 Å². The zero-order valence-corrected chi connectivity index (χ0v) is 51.2. The summed E-state index contributed by atoms with van der Waals surface area (Å²) in [5.41, 5.74) is 41.3. The molecule has 0 spiro atoms. The maximum Gasteiger partial charge on any atom is 0.319 e. The molecule has 0 radical (unpaired) electrons. The summed E-state index contributed by atoms with van der Waals surface area (Å²) in [6, 6.07) is 0.856. The Labute approximate surface area is 447 Å². The van der Waals surface area contributed by atoms with Crippen LogP contribution < -0.4 is 56.5 Å². The summed E-state index contributed by atoms with van der Waals surface area (Å²) >= 11 is 14.5. The first kappa shape index (κ1) is 88.1. The van der Waals surface area contributed by atoms with Gasteiger partial charge in [-0.2, -0.15) is 0 Å². The minimum absolute atomic E-state index is 0.0296. The molecule has 0 aliphatic rings. The zero-order chi connectivity index (χ0) is 57.6. The lowest BCUT2D eigenvalue weighted by molar-refractivity contribution is -0.145. The maximum atomic E-state index is 10.7. The standard InChI is InChI=1S/C6H14N2O.C6H14N2S.C6H13NO.C6H13NS.C5H11NO2.C5H11NOS.2C5H13N.C5H12O2S/c2*1-5(2)8-4-6(9)3-7;2*1-5(2)3-6(8)4-7;1-4(2)8-5(7)3-6;1-4(2)7-5(8)3-6;2*1-5(2)3-4-6;1-4-8(6,7)5(2)3/h2*5,8H,3-4,7H2,1-2H3;2*5H,3-4,7H2,1-2H3;2*4H,3,6H2,1-2H3;2*5H,3-4,6H2,1-2H3;5H,4H2,1-3H3. The molecule has 0 amide bonds. The van der Waals surface area contributed by atoms with E-state index < -0.39 is 9.84 Å². The number of ketones is 2. The van der Waals surface area contributed by atoms with Gasteiger partial charge in [0, 0.05) is 53.6 Å². The topological polar surface area (TPSA) is 336 Å². The number of rotatable bonds is 24. The lowest BCUT2D eigenvalue weighted by Gasteiger charge is -2.07. The SMILES string of the molecule is CC(C)CC(=O)CN.CC(C)CC(=S)CN.CC(C)CCN.CC(C)CCN.CC(C)NCC(=O)CN.CC(C)NCC(=S)CN.CC(C)OC(=O)CN.CC(C)OC(=S)CN.CCS(=O)(=O)C(C)C. The van der Waals surface area contributed by atoms with Crippen LogP contribution in [0.2, 0.25) is 0 Å². The fraction of sp³-hybridized carbons (Fsp3) is 0.878. The summed E-state index contributed by atoms with van der Waals surface area (Å²) in [5.74, 6) is 2.77. The Morgan fingerprint density at radius 1 is 0.471 bits per heavy atom. The second-order valence-corrected chi connectivity index (χ2v) is 23.1. The van der Waals surface area contributed by atoms with E-state index in [4.69, 9.17) is 75.0 Å². The first-order valence-corrected chi connectivity index (χ1v) is 27.7. The number of hydrogen-bond donors (Lipinski definition) is 10. The van der Waals surface area contributed by atoms with Gasteiger partial charge in [-0.3, -0.25) is 14.4 Å². The van der Waals surface area contributed by atoms with Gasteiger partial charge in [-0.15, -0.1) is 0 Å². The van der Waals surface area contributed by atoms with Crippen LogP contribution in [-0.4, -0.2) is 141 Å². The number of esters is 1. The third-order valence-electron chi connectivity index (χ3n) is 7.27. The molecule has 0 saturated carbocycles. The molecule has 0 atom stereocenters. The lowest BCUT2D eigenvalue weighted by atomic mass is 10.1. The van der Waals surface area contributed by atoms with Gasteiger partial charge in [0.1, 0.15) is 5.78 Å². The summed E-state index contributed by atoms with van der Waals surface area (Å²) < 4.78 is 31.0. The van der Waals surface area contributed by atoms with E-state index >= 15 is 0 Å². The molecule has 0 aromatic carbocycles. The number of carbonyl (C=O) groups excluding carboxylic acids is 3. The molecule has 18 N–H and O–H groups in total. The van der Waals surface area contributed by atoms with Gasteiger partial charge < -0.3 is 66.0 Å².